The predicted molar refractivity (Wildman–Crippen MR) is 103 cm³/mol. The second kappa shape index (κ2) is 10.8. The van der Waals surface area contributed by atoms with Crippen molar-refractivity contribution in [2.24, 2.45) is 4.99 Å². The Hall–Kier alpha value is -0.890. The van der Waals surface area contributed by atoms with Gasteiger partial charge in [0.1, 0.15) is 5.82 Å². The van der Waals surface area contributed by atoms with Crippen LogP contribution in [-0.4, -0.2) is 26.2 Å². The quantitative estimate of drug-likeness (QED) is 0.422. The molecule has 0 heterocycles. The summed E-state index contributed by atoms with van der Waals surface area (Å²) in [5.74, 6) is 0.583. The lowest BCUT2D eigenvalue weighted by Gasteiger charge is -2.25. The van der Waals surface area contributed by atoms with E-state index in [0.717, 1.165) is 11.5 Å². The highest BCUT2D eigenvalue weighted by Gasteiger charge is 2.14. The smallest absolute Gasteiger partial charge is 0.191 e. The van der Waals surface area contributed by atoms with E-state index in [4.69, 9.17) is 4.74 Å². The molecule has 0 bridgehead atoms. The highest BCUT2D eigenvalue weighted by Crippen LogP contribution is 2.17. The van der Waals surface area contributed by atoms with Crippen LogP contribution in [0.2, 0.25) is 0 Å². The monoisotopic (exact) mass is 435 g/mol. The molecule has 1 aromatic rings. The maximum absolute atomic E-state index is 13.6. The van der Waals surface area contributed by atoms with Crippen LogP contribution in [-0.2, 0) is 17.9 Å². The van der Waals surface area contributed by atoms with Gasteiger partial charge < -0.3 is 15.4 Å². The first-order chi connectivity index (χ1) is 10.7. The molecule has 0 atom stereocenters. The summed E-state index contributed by atoms with van der Waals surface area (Å²) in [5.41, 5.74) is 1.59. The molecule has 2 N–H and O–H groups in total. The van der Waals surface area contributed by atoms with Crippen LogP contribution in [0.3, 0.4) is 0 Å². The minimum absolute atomic E-state index is 0. The summed E-state index contributed by atoms with van der Waals surface area (Å²) in [6.45, 7) is 0.901. The fraction of sp³-hybridized carbons (Fsp3) is 0.588. The summed E-state index contributed by atoms with van der Waals surface area (Å²) in [5, 5.41) is 6.76. The van der Waals surface area contributed by atoms with E-state index in [2.05, 4.69) is 15.6 Å². The van der Waals surface area contributed by atoms with Gasteiger partial charge in [0.15, 0.2) is 5.96 Å². The molecule has 0 spiro atoms. The number of ether oxygens (including phenoxy) is 1. The Morgan fingerprint density at radius 3 is 2.70 bits per heavy atom. The van der Waals surface area contributed by atoms with Crippen molar-refractivity contribution in [2.45, 2.75) is 51.3 Å². The van der Waals surface area contributed by atoms with Crippen LogP contribution in [0.15, 0.2) is 23.2 Å². The fourth-order valence-electron chi connectivity index (χ4n) is 2.82. The minimum atomic E-state index is -0.227. The normalized spacial score (nSPS) is 15.9. The summed E-state index contributed by atoms with van der Waals surface area (Å²) in [4.78, 5) is 4.27. The van der Waals surface area contributed by atoms with E-state index in [1.807, 2.05) is 6.07 Å². The molecule has 0 aliphatic heterocycles. The third-order valence-corrected chi connectivity index (χ3v) is 4.04. The molecule has 0 amide bonds. The highest BCUT2D eigenvalue weighted by molar-refractivity contribution is 14.0. The van der Waals surface area contributed by atoms with Gasteiger partial charge in [0.2, 0.25) is 0 Å². The van der Waals surface area contributed by atoms with Crippen LogP contribution >= 0.6 is 24.0 Å². The van der Waals surface area contributed by atoms with Gasteiger partial charge in [-0.1, -0.05) is 25.3 Å². The second-order valence-corrected chi connectivity index (χ2v) is 5.76. The Kier molecular flexibility index (Phi) is 9.47. The Balaban J connectivity index is 0.00000264. The third-order valence-electron chi connectivity index (χ3n) is 4.04. The molecule has 23 heavy (non-hydrogen) atoms. The Morgan fingerprint density at radius 1 is 1.30 bits per heavy atom. The summed E-state index contributed by atoms with van der Waals surface area (Å²) in [6, 6.07) is 5.62. The zero-order valence-corrected chi connectivity index (χ0v) is 16.2. The molecule has 1 aliphatic rings. The average molecular weight is 435 g/mol. The Labute approximate surface area is 155 Å². The zero-order chi connectivity index (χ0) is 15.8. The number of guanidine groups is 1. The van der Waals surface area contributed by atoms with Gasteiger partial charge in [0.25, 0.3) is 0 Å². The second-order valence-electron chi connectivity index (χ2n) is 5.76. The molecule has 130 valence electrons. The van der Waals surface area contributed by atoms with Crippen molar-refractivity contribution in [3.63, 3.8) is 0 Å². The zero-order valence-electron chi connectivity index (χ0n) is 13.9. The van der Waals surface area contributed by atoms with Gasteiger partial charge >= 0.3 is 0 Å². The average Bonchev–Trinajstić information content (AvgIpc) is 2.55. The Morgan fingerprint density at radius 2 is 2.04 bits per heavy atom. The first-order valence-corrected chi connectivity index (χ1v) is 7.96. The van der Waals surface area contributed by atoms with Gasteiger partial charge in [-0.25, -0.2) is 4.39 Å². The first-order valence-electron chi connectivity index (χ1n) is 7.96. The van der Waals surface area contributed by atoms with E-state index >= 15 is 0 Å². The van der Waals surface area contributed by atoms with Crippen LogP contribution in [0.4, 0.5) is 4.39 Å². The van der Waals surface area contributed by atoms with Crippen molar-refractivity contribution in [3.8, 4) is 0 Å². The molecule has 0 unspecified atom stereocenters. The third kappa shape index (κ3) is 6.63. The van der Waals surface area contributed by atoms with Crippen LogP contribution in [0.1, 0.15) is 43.2 Å². The van der Waals surface area contributed by atoms with Crippen molar-refractivity contribution in [1.82, 2.24) is 10.6 Å². The van der Waals surface area contributed by atoms with Gasteiger partial charge in [-0.3, -0.25) is 4.99 Å². The molecule has 1 saturated carbocycles. The molecule has 4 nitrogen and oxygen atoms in total. The van der Waals surface area contributed by atoms with Crippen LogP contribution < -0.4 is 10.6 Å². The number of hydrogen-bond acceptors (Lipinski definition) is 2. The molecule has 1 fully saturated rings. The van der Waals surface area contributed by atoms with Gasteiger partial charge in [-0.15, -0.1) is 24.0 Å². The van der Waals surface area contributed by atoms with Gasteiger partial charge in [0.05, 0.1) is 6.61 Å². The van der Waals surface area contributed by atoms with Crippen molar-refractivity contribution in [1.29, 1.82) is 0 Å². The summed E-state index contributed by atoms with van der Waals surface area (Å²) < 4.78 is 18.6. The fourth-order valence-corrected chi connectivity index (χ4v) is 2.82. The van der Waals surface area contributed by atoms with Crippen LogP contribution in [0.5, 0.6) is 0 Å². The predicted octanol–water partition coefficient (Wildman–Crippen LogP) is 3.59. The van der Waals surface area contributed by atoms with Crippen molar-refractivity contribution < 1.29 is 9.13 Å². The standard InChI is InChI=1S/C17H26FN3O.HI/c1-19-17(21-15-6-4-3-5-7-15)20-11-13-8-9-16(18)14(10-13)12-22-2;/h8-10,15H,3-7,11-12H2,1-2H3,(H2,19,20,21);1H. The summed E-state index contributed by atoms with van der Waals surface area (Å²) in [6.07, 6.45) is 6.31. The van der Waals surface area contributed by atoms with E-state index in [0.29, 0.717) is 18.2 Å². The number of benzene rings is 1. The van der Waals surface area contributed by atoms with E-state index in [1.54, 1.807) is 20.2 Å². The SMILES string of the molecule is CN=C(NCc1ccc(F)c(COC)c1)NC1CCCCC1.I. The Bertz CT molecular complexity index is 505. The van der Waals surface area contributed by atoms with Crippen molar-refractivity contribution in [2.75, 3.05) is 14.2 Å². The molecule has 0 aromatic heterocycles. The summed E-state index contributed by atoms with van der Waals surface area (Å²) >= 11 is 0. The van der Waals surface area contributed by atoms with Crippen molar-refractivity contribution >= 4 is 29.9 Å². The van der Waals surface area contributed by atoms with Gasteiger partial charge in [-0.2, -0.15) is 0 Å². The number of aliphatic imine (C=N–C) groups is 1. The van der Waals surface area contributed by atoms with E-state index in [-0.39, 0.29) is 36.4 Å². The first kappa shape index (κ1) is 20.2. The molecule has 0 radical (unpaired) electrons. The highest BCUT2D eigenvalue weighted by atomic mass is 127. The molecule has 2 rings (SSSR count). The number of methoxy groups -OCH3 is 1. The van der Waals surface area contributed by atoms with Crippen LogP contribution in [0, 0.1) is 5.82 Å². The summed E-state index contributed by atoms with van der Waals surface area (Å²) in [7, 11) is 3.35. The topological polar surface area (TPSA) is 45.7 Å². The van der Waals surface area contributed by atoms with Gasteiger partial charge in [0, 0.05) is 32.3 Å². The number of nitrogens with zero attached hydrogens (tertiary/aromatic N) is 1. The largest absolute Gasteiger partial charge is 0.380 e. The molecule has 1 aromatic carbocycles. The van der Waals surface area contributed by atoms with Crippen LogP contribution in [0.25, 0.3) is 0 Å². The molecular weight excluding hydrogens is 408 g/mol. The number of halogens is 2. The number of rotatable bonds is 5. The molecule has 1 aliphatic carbocycles. The lowest BCUT2D eigenvalue weighted by atomic mass is 9.96. The van der Waals surface area contributed by atoms with Gasteiger partial charge in [-0.05, 0) is 30.5 Å². The maximum Gasteiger partial charge on any atom is 0.191 e. The van der Waals surface area contributed by atoms with Crippen molar-refractivity contribution in [3.05, 3.63) is 35.1 Å². The van der Waals surface area contributed by atoms with E-state index < -0.39 is 0 Å². The maximum atomic E-state index is 13.6. The lowest BCUT2D eigenvalue weighted by Crippen LogP contribution is -2.43. The molecule has 6 heteroatoms. The number of hydrogen-bond donors (Lipinski definition) is 2. The molecule has 0 saturated heterocycles. The number of nitrogens with one attached hydrogen (secondary N) is 2. The minimum Gasteiger partial charge on any atom is -0.380 e. The molecular formula is C17H27FIN3O. The van der Waals surface area contributed by atoms with E-state index in [1.165, 1.54) is 38.2 Å². The van der Waals surface area contributed by atoms with E-state index in [9.17, 15) is 4.39 Å². The lowest BCUT2D eigenvalue weighted by molar-refractivity contribution is 0.181.